The number of methoxy groups -OCH3 is 1. The number of piperazine rings is 1. The fourth-order valence-electron chi connectivity index (χ4n) is 4.01. The van der Waals surface area contributed by atoms with Crippen molar-refractivity contribution in [1.29, 1.82) is 0 Å². The summed E-state index contributed by atoms with van der Waals surface area (Å²) in [7, 11) is 1.66. The third-order valence-electron chi connectivity index (χ3n) is 5.69. The topological polar surface area (TPSA) is 89.5 Å². The Balaban J connectivity index is 1.45. The van der Waals surface area contributed by atoms with Crippen LogP contribution in [0.4, 0.5) is 0 Å². The average Bonchev–Trinajstić information content (AvgIpc) is 3.50. The van der Waals surface area contributed by atoms with Crippen molar-refractivity contribution in [3.05, 3.63) is 59.8 Å². The fourth-order valence-corrected chi connectivity index (χ4v) is 4.01. The summed E-state index contributed by atoms with van der Waals surface area (Å²) < 4.78 is 12.4. The van der Waals surface area contributed by atoms with Gasteiger partial charge < -0.3 is 14.1 Å². The summed E-state index contributed by atoms with van der Waals surface area (Å²) in [5, 5.41) is 12.6. The molecule has 4 rings (SSSR count). The van der Waals surface area contributed by atoms with Crippen molar-refractivity contribution in [1.82, 2.24) is 30.0 Å². The SMILES string of the molecule is CCC[C@H](c1nnnn1Cc1ccc(OC)cc1)N1CCN(C(=O)c2ccco2)CC1. The van der Waals surface area contributed by atoms with Gasteiger partial charge in [-0.3, -0.25) is 9.69 Å². The molecular formula is C22H28N6O3. The predicted octanol–water partition coefficient (Wildman–Crippen LogP) is 2.62. The van der Waals surface area contributed by atoms with Crippen LogP contribution in [0.5, 0.6) is 5.75 Å². The van der Waals surface area contributed by atoms with E-state index in [1.165, 1.54) is 6.26 Å². The summed E-state index contributed by atoms with van der Waals surface area (Å²) in [6.45, 7) is 5.61. The molecule has 1 aliphatic rings. The Morgan fingerprint density at radius 1 is 1.16 bits per heavy atom. The van der Waals surface area contributed by atoms with Gasteiger partial charge in [0, 0.05) is 26.2 Å². The molecular weight excluding hydrogens is 396 g/mol. The van der Waals surface area contributed by atoms with Gasteiger partial charge in [0.15, 0.2) is 11.6 Å². The first-order chi connectivity index (χ1) is 15.2. The van der Waals surface area contributed by atoms with Gasteiger partial charge in [0.2, 0.25) is 0 Å². The van der Waals surface area contributed by atoms with Crippen LogP contribution < -0.4 is 4.74 Å². The summed E-state index contributed by atoms with van der Waals surface area (Å²) in [5.74, 6) is 2.03. The number of furan rings is 1. The molecule has 1 aromatic carbocycles. The van der Waals surface area contributed by atoms with Crippen LogP contribution >= 0.6 is 0 Å². The van der Waals surface area contributed by atoms with Crippen molar-refractivity contribution in [3.8, 4) is 5.75 Å². The minimum atomic E-state index is -0.0546. The molecule has 9 nitrogen and oxygen atoms in total. The zero-order valence-electron chi connectivity index (χ0n) is 18.0. The van der Waals surface area contributed by atoms with Gasteiger partial charge in [0.25, 0.3) is 5.91 Å². The highest BCUT2D eigenvalue weighted by molar-refractivity contribution is 5.91. The minimum Gasteiger partial charge on any atom is -0.497 e. The Labute approximate surface area is 181 Å². The van der Waals surface area contributed by atoms with Crippen molar-refractivity contribution in [2.75, 3.05) is 33.3 Å². The van der Waals surface area contributed by atoms with Crippen LogP contribution in [0.2, 0.25) is 0 Å². The summed E-state index contributed by atoms with van der Waals surface area (Å²) in [5.41, 5.74) is 1.11. The van der Waals surface area contributed by atoms with Crippen molar-refractivity contribution in [3.63, 3.8) is 0 Å². The number of aromatic nitrogens is 4. The molecule has 0 aliphatic carbocycles. The third kappa shape index (κ3) is 4.77. The van der Waals surface area contributed by atoms with E-state index in [1.54, 1.807) is 19.2 Å². The zero-order chi connectivity index (χ0) is 21.6. The van der Waals surface area contributed by atoms with Gasteiger partial charge in [-0.25, -0.2) is 4.68 Å². The smallest absolute Gasteiger partial charge is 0.289 e. The maximum Gasteiger partial charge on any atom is 0.289 e. The Morgan fingerprint density at radius 2 is 1.94 bits per heavy atom. The number of tetrazole rings is 1. The Bertz CT molecular complexity index is 962. The first kappa shape index (κ1) is 21.0. The largest absolute Gasteiger partial charge is 0.497 e. The first-order valence-electron chi connectivity index (χ1n) is 10.7. The zero-order valence-corrected chi connectivity index (χ0v) is 18.0. The average molecular weight is 425 g/mol. The highest BCUT2D eigenvalue weighted by Crippen LogP contribution is 2.26. The molecule has 164 valence electrons. The van der Waals surface area contributed by atoms with Crippen LogP contribution in [-0.2, 0) is 6.54 Å². The van der Waals surface area contributed by atoms with Gasteiger partial charge >= 0.3 is 0 Å². The molecule has 0 N–H and O–H groups in total. The minimum absolute atomic E-state index is 0.0546. The fraction of sp³-hybridized carbons (Fsp3) is 0.455. The van der Waals surface area contributed by atoms with E-state index in [0.717, 1.165) is 43.1 Å². The number of carbonyl (C=O) groups is 1. The summed E-state index contributed by atoms with van der Waals surface area (Å²) >= 11 is 0. The lowest BCUT2D eigenvalue weighted by molar-refractivity contribution is 0.0515. The Morgan fingerprint density at radius 3 is 2.58 bits per heavy atom. The lowest BCUT2D eigenvalue weighted by Gasteiger charge is -2.38. The van der Waals surface area contributed by atoms with E-state index in [4.69, 9.17) is 9.15 Å². The molecule has 0 bridgehead atoms. The maximum atomic E-state index is 12.6. The lowest BCUT2D eigenvalue weighted by Crippen LogP contribution is -2.50. The number of nitrogens with zero attached hydrogens (tertiary/aromatic N) is 6. The normalized spacial score (nSPS) is 15.7. The summed E-state index contributed by atoms with van der Waals surface area (Å²) in [6.07, 6.45) is 3.50. The number of hydrogen-bond acceptors (Lipinski definition) is 7. The number of amides is 1. The van der Waals surface area contributed by atoms with Gasteiger partial charge in [-0.15, -0.1) is 5.10 Å². The van der Waals surface area contributed by atoms with Crippen LogP contribution in [0.3, 0.4) is 0 Å². The van der Waals surface area contributed by atoms with Gasteiger partial charge in [0.1, 0.15) is 5.75 Å². The second kappa shape index (κ2) is 9.74. The molecule has 9 heteroatoms. The van der Waals surface area contributed by atoms with Crippen molar-refractivity contribution in [2.24, 2.45) is 0 Å². The third-order valence-corrected chi connectivity index (χ3v) is 5.69. The molecule has 31 heavy (non-hydrogen) atoms. The first-order valence-corrected chi connectivity index (χ1v) is 10.7. The van der Waals surface area contributed by atoms with E-state index < -0.39 is 0 Å². The standard InChI is InChI=1S/C22H28N6O3/c1-3-5-19(26-11-13-27(14-12-26)22(29)20-6-4-15-31-20)21-23-24-25-28(21)16-17-7-9-18(30-2)10-8-17/h4,6-10,15,19H,3,5,11-14,16H2,1-2H3/t19-/m1/s1. The maximum absolute atomic E-state index is 12.6. The van der Waals surface area contributed by atoms with Crippen molar-refractivity contribution in [2.45, 2.75) is 32.4 Å². The molecule has 3 heterocycles. The molecule has 0 saturated carbocycles. The van der Waals surface area contributed by atoms with Gasteiger partial charge in [-0.05, 0) is 46.7 Å². The highest BCUT2D eigenvalue weighted by Gasteiger charge is 2.30. The van der Waals surface area contributed by atoms with Crippen LogP contribution in [0.1, 0.15) is 47.7 Å². The second-order valence-electron chi connectivity index (χ2n) is 7.65. The number of carbonyl (C=O) groups excluding carboxylic acids is 1. The van der Waals surface area contributed by atoms with E-state index >= 15 is 0 Å². The molecule has 0 radical (unpaired) electrons. The molecule has 1 aliphatic heterocycles. The quantitative estimate of drug-likeness (QED) is 0.549. The molecule has 2 aromatic heterocycles. The molecule has 0 spiro atoms. The van der Waals surface area contributed by atoms with Crippen LogP contribution in [-0.4, -0.2) is 69.2 Å². The summed E-state index contributed by atoms with van der Waals surface area (Å²) in [4.78, 5) is 16.8. The van der Waals surface area contributed by atoms with E-state index in [9.17, 15) is 4.79 Å². The van der Waals surface area contributed by atoms with Crippen LogP contribution in [0.15, 0.2) is 47.1 Å². The lowest BCUT2D eigenvalue weighted by atomic mass is 10.1. The van der Waals surface area contributed by atoms with Crippen LogP contribution in [0.25, 0.3) is 0 Å². The molecule has 0 unspecified atom stereocenters. The molecule has 1 fully saturated rings. The van der Waals surface area contributed by atoms with E-state index in [0.29, 0.717) is 25.4 Å². The van der Waals surface area contributed by atoms with Gasteiger partial charge in [-0.1, -0.05) is 25.5 Å². The Hall–Kier alpha value is -3.20. The number of benzene rings is 1. The van der Waals surface area contributed by atoms with E-state index in [1.807, 2.05) is 33.8 Å². The van der Waals surface area contributed by atoms with Gasteiger partial charge in [-0.2, -0.15) is 0 Å². The van der Waals surface area contributed by atoms with Crippen molar-refractivity contribution >= 4 is 5.91 Å². The van der Waals surface area contributed by atoms with Crippen molar-refractivity contribution < 1.29 is 13.9 Å². The second-order valence-corrected chi connectivity index (χ2v) is 7.65. The number of ether oxygens (including phenoxy) is 1. The Kier molecular flexibility index (Phi) is 6.61. The van der Waals surface area contributed by atoms with E-state index in [2.05, 4.69) is 27.3 Å². The number of hydrogen-bond donors (Lipinski definition) is 0. The molecule has 1 amide bonds. The summed E-state index contributed by atoms with van der Waals surface area (Å²) in [6, 6.07) is 11.5. The molecule has 1 saturated heterocycles. The molecule has 1 atom stereocenters. The van der Waals surface area contributed by atoms with Crippen LogP contribution in [0, 0.1) is 0 Å². The van der Waals surface area contributed by atoms with Gasteiger partial charge in [0.05, 0.1) is 26.0 Å². The highest BCUT2D eigenvalue weighted by atomic mass is 16.5. The number of rotatable bonds is 8. The monoisotopic (exact) mass is 424 g/mol. The van der Waals surface area contributed by atoms with E-state index in [-0.39, 0.29) is 11.9 Å². The molecule has 3 aromatic rings. The predicted molar refractivity (Wildman–Crippen MR) is 114 cm³/mol.